The quantitative estimate of drug-likeness (QED) is 0.650. The predicted molar refractivity (Wildman–Crippen MR) is 109 cm³/mol. The lowest BCUT2D eigenvalue weighted by Gasteiger charge is -2.43. The summed E-state index contributed by atoms with van der Waals surface area (Å²) < 4.78 is 7.45. The third-order valence-electron chi connectivity index (χ3n) is 5.46. The van der Waals surface area contributed by atoms with E-state index in [1.807, 2.05) is 23.1 Å². The number of carbonyl (C=O) groups is 1. The molecule has 1 unspecified atom stereocenters. The summed E-state index contributed by atoms with van der Waals surface area (Å²) in [5.41, 5.74) is 0.714. The molecule has 0 N–H and O–H groups in total. The summed E-state index contributed by atoms with van der Waals surface area (Å²) in [6, 6.07) is -0.136. The van der Waals surface area contributed by atoms with Gasteiger partial charge in [-0.2, -0.15) is 4.98 Å². The number of fused-ring (bicyclic) bond motifs is 1. The number of nitrogens with zero attached hydrogens (tertiary/aromatic N) is 7. The normalized spacial score (nSPS) is 21.7. The van der Waals surface area contributed by atoms with E-state index in [1.54, 1.807) is 30.5 Å². The van der Waals surface area contributed by atoms with Crippen LogP contribution in [0.15, 0.2) is 30.2 Å². The van der Waals surface area contributed by atoms with Gasteiger partial charge in [-0.3, -0.25) is 9.36 Å². The zero-order valence-electron chi connectivity index (χ0n) is 16.2. The van der Waals surface area contributed by atoms with Crippen molar-refractivity contribution in [2.45, 2.75) is 31.8 Å². The molecular formula is C19H21N7O2S. The number of thiazole rings is 1. The number of ether oxygens (including phenoxy) is 1. The summed E-state index contributed by atoms with van der Waals surface area (Å²) in [7, 11) is 1.79. The monoisotopic (exact) mass is 411 g/mol. The zero-order chi connectivity index (χ0) is 20.0. The van der Waals surface area contributed by atoms with Gasteiger partial charge in [-0.05, 0) is 12.8 Å². The van der Waals surface area contributed by atoms with E-state index in [0.717, 1.165) is 17.2 Å². The Labute approximate surface area is 172 Å². The van der Waals surface area contributed by atoms with E-state index in [9.17, 15) is 4.79 Å². The van der Waals surface area contributed by atoms with E-state index in [1.165, 1.54) is 11.3 Å². The summed E-state index contributed by atoms with van der Waals surface area (Å²) in [6.07, 6.45) is 8.59. The second-order valence-corrected chi connectivity index (χ2v) is 7.98. The van der Waals surface area contributed by atoms with Crippen molar-refractivity contribution in [3.63, 3.8) is 0 Å². The molecule has 2 aliphatic heterocycles. The first kappa shape index (κ1) is 18.2. The number of likely N-dealkylation sites (N-methyl/N-ethyl adjacent to an activating group) is 1. The van der Waals surface area contributed by atoms with Crippen LogP contribution in [0, 0.1) is 0 Å². The van der Waals surface area contributed by atoms with Gasteiger partial charge in [0.1, 0.15) is 11.7 Å². The third kappa shape index (κ3) is 2.90. The number of amides is 1. The molecule has 2 aliphatic rings. The summed E-state index contributed by atoms with van der Waals surface area (Å²) in [4.78, 5) is 35.0. The van der Waals surface area contributed by atoms with Crippen LogP contribution in [0.3, 0.4) is 0 Å². The SMILES string of the molecule is CC[C@@H]1C(=O)N(C)c2cnc(-n3ccnc3-c3nccs3)nc2N1C1CCOC1. The van der Waals surface area contributed by atoms with Gasteiger partial charge in [0.2, 0.25) is 11.9 Å². The van der Waals surface area contributed by atoms with Gasteiger partial charge >= 0.3 is 0 Å². The summed E-state index contributed by atoms with van der Waals surface area (Å²) in [5, 5.41) is 2.71. The Hall–Kier alpha value is -2.85. The second kappa shape index (κ2) is 7.20. The van der Waals surface area contributed by atoms with Crippen molar-refractivity contribution in [3.05, 3.63) is 30.2 Å². The maximum absolute atomic E-state index is 13.0. The molecule has 0 spiro atoms. The van der Waals surface area contributed by atoms with Crippen LogP contribution >= 0.6 is 11.3 Å². The molecule has 0 radical (unpaired) electrons. The van der Waals surface area contributed by atoms with Crippen LogP contribution in [0.2, 0.25) is 0 Å². The Morgan fingerprint density at radius 3 is 2.90 bits per heavy atom. The van der Waals surface area contributed by atoms with Crippen LogP contribution in [0.5, 0.6) is 0 Å². The number of hydrogen-bond acceptors (Lipinski definition) is 8. The minimum Gasteiger partial charge on any atom is -0.379 e. The van der Waals surface area contributed by atoms with E-state index >= 15 is 0 Å². The van der Waals surface area contributed by atoms with Crippen molar-refractivity contribution in [2.75, 3.05) is 30.1 Å². The van der Waals surface area contributed by atoms with Gasteiger partial charge in [-0.25, -0.2) is 15.0 Å². The Morgan fingerprint density at radius 1 is 1.28 bits per heavy atom. The van der Waals surface area contributed by atoms with E-state index < -0.39 is 0 Å². The first-order valence-electron chi connectivity index (χ1n) is 9.63. The molecule has 3 aromatic heterocycles. The fourth-order valence-electron chi connectivity index (χ4n) is 4.01. The molecule has 1 fully saturated rings. The lowest BCUT2D eigenvalue weighted by Crippen LogP contribution is -2.56. The lowest BCUT2D eigenvalue weighted by molar-refractivity contribution is -0.120. The van der Waals surface area contributed by atoms with E-state index in [4.69, 9.17) is 9.72 Å². The van der Waals surface area contributed by atoms with Crippen LogP contribution in [-0.4, -0.2) is 62.8 Å². The van der Waals surface area contributed by atoms with Crippen molar-refractivity contribution in [1.82, 2.24) is 24.5 Å². The van der Waals surface area contributed by atoms with Crippen LogP contribution in [0.1, 0.15) is 19.8 Å². The molecule has 5 rings (SSSR count). The van der Waals surface area contributed by atoms with Crippen molar-refractivity contribution >= 4 is 28.7 Å². The summed E-state index contributed by atoms with van der Waals surface area (Å²) >= 11 is 1.51. The van der Waals surface area contributed by atoms with Gasteiger partial charge in [-0.1, -0.05) is 6.92 Å². The fraction of sp³-hybridized carbons (Fsp3) is 0.421. The van der Waals surface area contributed by atoms with Crippen LogP contribution in [0.25, 0.3) is 16.8 Å². The fourth-order valence-corrected chi connectivity index (χ4v) is 4.63. The molecule has 5 heterocycles. The van der Waals surface area contributed by atoms with E-state index in [-0.39, 0.29) is 18.0 Å². The third-order valence-corrected chi connectivity index (χ3v) is 6.23. The van der Waals surface area contributed by atoms with Crippen molar-refractivity contribution in [2.24, 2.45) is 0 Å². The molecule has 3 aromatic rings. The topological polar surface area (TPSA) is 89.3 Å². The van der Waals surface area contributed by atoms with Gasteiger partial charge < -0.3 is 14.5 Å². The molecule has 2 atom stereocenters. The standard InChI is InChI=1S/C19H21N7O2S/c1-3-13-18(27)24(2)14-10-22-19(23-15(14)26(13)12-4-8-28-11-12)25-7-5-20-16(25)17-21-6-9-29-17/h5-7,9-10,12-13H,3-4,8,11H2,1-2H3/t12?,13-/m1/s1. The first-order valence-corrected chi connectivity index (χ1v) is 10.5. The number of hydrogen-bond donors (Lipinski definition) is 0. The minimum absolute atomic E-state index is 0.0642. The van der Waals surface area contributed by atoms with Gasteiger partial charge in [0.05, 0.1) is 18.8 Å². The highest BCUT2D eigenvalue weighted by Gasteiger charge is 2.41. The molecule has 0 saturated carbocycles. The predicted octanol–water partition coefficient (Wildman–Crippen LogP) is 2.14. The maximum atomic E-state index is 13.0. The van der Waals surface area contributed by atoms with Crippen LogP contribution in [-0.2, 0) is 9.53 Å². The van der Waals surface area contributed by atoms with E-state index in [0.29, 0.717) is 37.1 Å². The smallest absolute Gasteiger partial charge is 0.249 e. The Kier molecular flexibility index (Phi) is 4.51. The van der Waals surface area contributed by atoms with Crippen molar-refractivity contribution in [1.29, 1.82) is 0 Å². The average Bonchev–Trinajstić information content (AvgIpc) is 3.51. The minimum atomic E-state index is -0.261. The molecule has 1 amide bonds. The van der Waals surface area contributed by atoms with E-state index in [2.05, 4.69) is 19.9 Å². The molecular weight excluding hydrogens is 390 g/mol. The van der Waals surface area contributed by atoms with Gasteiger partial charge in [0.15, 0.2) is 16.6 Å². The molecule has 10 heteroatoms. The molecule has 0 bridgehead atoms. The molecule has 150 valence electrons. The van der Waals surface area contributed by atoms with Crippen molar-refractivity contribution < 1.29 is 9.53 Å². The van der Waals surface area contributed by atoms with Crippen LogP contribution < -0.4 is 9.80 Å². The number of carbonyl (C=O) groups excluding carboxylic acids is 1. The molecule has 29 heavy (non-hydrogen) atoms. The highest BCUT2D eigenvalue weighted by atomic mass is 32.1. The lowest BCUT2D eigenvalue weighted by atomic mass is 10.0. The number of anilines is 2. The average molecular weight is 411 g/mol. The van der Waals surface area contributed by atoms with Gasteiger partial charge in [0.25, 0.3) is 0 Å². The maximum Gasteiger partial charge on any atom is 0.249 e. The highest BCUT2D eigenvalue weighted by molar-refractivity contribution is 7.13. The Bertz CT molecular complexity index is 1030. The number of imidazole rings is 1. The molecule has 0 aromatic carbocycles. The van der Waals surface area contributed by atoms with Gasteiger partial charge in [-0.15, -0.1) is 11.3 Å². The largest absolute Gasteiger partial charge is 0.379 e. The summed E-state index contributed by atoms with van der Waals surface area (Å²) in [6.45, 7) is 3.33. The summed E-state index contributed by atoms with van der Waals surface area (Å²) in [5.74, 6) is 2.03. The molecule has 9 nitrogen and oxygen atoms in total. The molecule has 0 aliphatic carbocycles. The Morgan fingerprint density at radius 2 is 2.17 bits per heavy atom. The molecule has 1 saturated heterocycles. The zero-order valence-corrected chi connectivity index (χ0v) is 17.0. The highest BCUT2D eigenvalue weighted by Crippen LogP contribution is 2.37. The second-order valence-electron chi connectivity index (χ2n) is 7.08. The van der Waals surface area contributed by atoms with Crippen LogP contribution in [0.4, 0.5) is 11.5 Å². The first-order chi connectivity index (χ1) is 14.2. The Balaban J connectivity index is 1.64. The van der Waals surface area contributed by atoms with Crippen molar-refractivity contribution in [3.8, 4) is 16.8 Å². The number of aromatic nitrogens is 5. The van der Waals surface area contributed by atoms with Gasteiger partial charge in [0, 0.05) is 37.6 Å². The number of rotatable bonds is 4.